The minimum Gasteiger partial charge on any atom is -0.484 e. The molecule has 0 bridgehead atoms. The first kappa shape index (κ1) is 15.3. The number of benzene rings is 1. The van der Waals surface area contributed by atoms with Crippen LogP contribution in [0.25, 0.3) is 0 Å². The summed E-state index contributed by atoms with van der Waals surface area (Å²) in [5.74, 6) is -0.961. The van der Waals surface area contributed by atoms with Crippen LogP contribution in [0.1, 0.15) is 17.5 Å². The number of aliphatic hydroxyl groups excluding tert-OH is 1. The molecule has 1 saturated heterocycles. The maximum atomic E-state index is 12.1. The van der Waals surface area contributed by atoms with E-state index in [-0.39, 0.29) is 19.6 Å². The molecule has 1 aliphatic rings. The summed E-state index contributed by atoms with van der Waals surface area (Å²) >= 11 is 0. The van der Waals surface area contributed by atoms with Gasteiger partial charge in [-0.1, -0.05) is 6.07 Å². The predicted molar refractivity (Wildman–Crippen MR) is 75.2 cm³/mol. The van der Waals surface area contributed by atoms with Gasteiger partial charge >= 0.3 is 5.97 Å². The van der Waals surface area contributed by atoms with Gasteiger partial charge in [-0.2, -0.15) is 0 Å². The van der Waals surface area contributed by atoms with Crippen molar-refractivity contribution in [3.8, 4) is 5.75 Å². The molecular formula is C15H19NO5. The normalized spacial score (nSPS) is 21.4. The average molecular weight is 293 g/mol. The first-order valence-corrected chi connectivity index (χ1v) is 6.78. The smallest absolute Gasteiger partial charge is 0.326 e. The molecule has 0 spiro atoms. The van der Waals surface area contributed by atoms with Crippen LogP contribution in [0.15, 0.2) is 18.2 Å². The molecule has 1 amide bonds. The molecule has 2 atom stereocenters. The van der Waals surface area contributed by atoms with Gasteiger partial charge in [0.1, 0.15) is 11.8 Å². The third-order valence-corrected chi connectivity index (χ3v) is 3.44. The van der Waals surface area contributed by atoms with Crippen molar-refractivity contribution < 1.29 is 24.5 Å². The number of carboxylic acids is 1. The van der Waals surface area contributed by atoms with Gasteiger partial charge in [0.15, 0.2) is 6.61 Å². The third kappa shape index (κ3) is 3.72. The van der Waals surface area contributed by atoms with E-state index in [4.69, 9.17) is 9.84 Å². The summed E-state index contributed by atoms with van der Waals surface area (Å²) < 4.78 is 5.44. The SMILES string of the molecule is Cc1cc(C)cc(OCC(=O)N2C[C@H](O)C[C@H]2C(=O)O)c1. The lowest BCUT2D eigenvalue weighted by atomic mass is 10.1. The van der Waals surface area contributed by atoms with E-state index in [0.29, 0.717) is 5.75 Å². The minimum absolute atomic E-state index is 0.0337. The van der Waals surface area contributed by atoms with Crippen molar-refractivity contribution in [2.75, 3.05) is 13.2 Å². The second kappa shape index (κ2) is 6.13. The number of hydrogen-bond donors (Lipinski definition) is 2. The summed E-state index contributed by atoms with van der Waals surface area (Å²) in [4.78, 5) is 24.3. The Morgan fingerprint density at radius 3 is 2.48 bits per heavy atom. The van der Waals surface area contributed by atoms with Crippen LogP contribution in [0, 0.1) is 13.8 Å². The van der Waals surface area contributed by atoms with Crippen molar-refractivity contribution in [1.29, 1.82) is 0 Å². The Labute approximate surface area is 122 Å². The van der Waals surface area contributed by atoms with Crippen LogP contribution in [0.5, 0.6) is 5.75 Å². The van der Waals surface area contributed by atoms with Gasteiger partial charge in [0.2, 0.25) is 0 Å². The quantitative estimate of drug-likeness (QED) is 0.854. The van der Waals surface area contributed by atoms with Crippen molar-refractivity contribution in [2.45, 2.75) is 32.4 Å². The molecule has 1 fully saturated rings. The summed E-state index contributed by atoms with van der Waals surface area (Å²) in [5.41, 5.74) is 2.05. The van der Waals surface area contributed by atoms with Crippen molar-refractivity contribution in [3.05, 3.63) is 29.3 Å². The Kier molecular flexibility index (Phi) is 4.47. The number of hydrogen-bond acceptors (Lipinski definition) is 4. The number of amides is 1. The number of β-amino-alcohol motifs (C(OH)–C–C–N with tert-alkyl or cyclic N) is 1. The fourth-order valence-corrected chi connectivity index (χ4v) is 2.57. The molecule has 0 saturated carbocycles. The van der Waals surface area contributed by atoms with E-state index in [1.165, 1.54) is 0 Å². The van der Waals surface area contributed by atoms with Gasteiger partial charge < -0.3 is 19.8 Å². The minimum atomic E-state index is -1.11. The molecule has 1 aliphatic heterocycles. The highest BCUT2D eigenvalue weighted by molar-refractivity contribution is 5.85. The molecule has 0 radical (unpaired) electrons. The summed E-state index contributed by atoms with van der Waals surface area (Å²) in [6.45, 7) is 3.66. The lowest BCUT2D eigenvalue weighted by molar-refractivity contribution is -0.148. The molecule has 2 N–H and O–H groups in total. The van der Waals surface area contributed by atoms with Crippen LogP contribution < -0.4 is 4.74 Å². The first-order valence-electron chi connectivity index (χ1n) is 6.78. The lowest BCUT2D eigenvalue weighted by Crippen LogP contribution is -2.42. The van der Waals surface area contributed by atoms with Gasteiger partial charge in [0, 0.05) is 13.0 Å². The van der Waals surface area contributed by atoms with Crippen molar-refractivity contribution in [1.82, 2.24) is 4.90 Å². The fraction of sp³-hybridized carbons (Fsp3) is 0.467. The molecule has 1 aromatic rings. The van der Waals surface area contributed by atoms with E-state index in [9.17, 15) is 14.7 Å². The molecule has 6 nitrogen and oxygen atoms in total. The number of nitrogens with zero attached hydrogens (tertiary/aromatic N) is 1. The number of ether oxygens (including phenoxy) is 1. The number of likely N-dealkylation sites (tertiary alicyclic amines) is 1. The molecule has 1 heterocycles. The zero-order valence-electron chi connectivity index (χ0n) is 12.1. The monoisotopic (exact) mass is 293 g/mol. The Balaban J connectivity index is 1.99. The van der Waals surface area contributed by atoms with Crippen LogP contribution in [-0.2, 0) is 9.59 Å². The summed E-state index contributed by atoms with van der Waals surface area (Å²) in [7, 11) is 0. The number of aliphatic carboxylic acids is 1. The van der Waals surface area contributed by atoms with Gasteiger partial charge in [-0.05, 0) is 37.1 Å². The Hall–Kier alpha value is -2.08. The van der Waals surface area contributed by atoms with E-state index in [1.807, 2.05) is 32.0 Å². The Morgan fingerprint density at radius 2 is 1.90 bits per heavy atom. The Morgan fingerprint density at radius 1 is 1.29 bits per heavy atom. The van der Waals surface area contributed by atoms with E-state index in [2.05, 4.69) is 0 Å². The maximum Gasteiger partial charge on any atom is 0.326 e. The fourth-order valence-electron chi connectivity index (χ4n) is 2.57. The molecule has 114 valence electrons. The number of aryl methyl sites for hydroxylation is 2. The molecule has 0 unspecified atom stereocenters. The van der Waals surface area contributed by atoms with Crippen LogP contribution in [0.3, 0.4) is 0 Å². The maximum absolute atomic E-state index is 12.1. The third-order valence-electron chi connectivity index (χ3n) is 3.44. The highest BCUT2D eigenvalue weighted by atomic mass is 16.5. The lowest BCUT2D eigenvalue weighted by Gasteiger charge is -2.21. The predicted octanol–water partition coefficient (Wildman–Crippen LogP) is 0.729. The van der Waals surface area contributed by atoms with E-state index < -0.39 is 24.0 Å². The number of carboxylic acid groups (broad SMARTS) is 1. The van der Waals surface area contributed by atoms with Gasteiger partial charge in [-0.15, -0.1) is 0 Å². The Bertz CT molecular complexity index is 537. The molecule has 6 heteroatoms. The molecule has 1 aromatic carbocycles. The average Bonchev–Trinajstić information content (AvgIpc) is 2.77. The van der Waals surface area contributed by atoms with E-state index in [0.717, 1.165) is 16.0 Å². The van der Waals surface area contributed by atoms with Crippen LogP contribution >= 0.6 is 0 Å². The number of rotatable bonds is 4. The highest BCUT2D eigenvalue weighted by Crippen LogP contribution is 2.20. The van der Waals surface area contributed by atoms with Gasteiger partial charge in [-0.3, -0.25) is 4.79 Å². The number of carbonyl (C=O) groups excluding carboxylic acids is 1. The van der Waals surface area contributed by atoms with Gasteiger partial charge in [0.05, 0.1) is 6.10 Å². The van der Waals surface area contributed by atoms with Gasteiger partial charge in [-0.25, -0.2) is 4.79 Å². The van der Waals surface area contributed by atoms with E-state index >= 15 is 0 Å². The van der Waals surface area contributed by atoms with Crippen molar-refractivity contribution >= 4 is 11.9 Å². The van der Waals surface area contributed by atoms with Crippen LogP contribution in [-0.4, -0.2) is 52.3 Å². The van der Waals surface area contributed by atoms with Crippen LogP contribution in [0.2, 0.25) is 0 Å². The molecular weight excluding hydrogens is 274 g/mol. The second-order valence-electron chi connectivity index (χ2n) is 5.40. The topological polar surface area (TPSA) is 87.1 Å². The zero-order chi connectivity index (χ0) is 15.6. The van der Waals surface area contributed by atoms with Crippen molar-refractivity contribution in [2.24, 2.45) is 0 Å². The standard InChI is InChI=1S/C15H19NO5/c1-9-3-10(2)5-12(4-9)21-8-14(18)16-7-11(17)6-13(16)15(19)20/h3-5,11,13,17H,6-8H2,1-2H3,(H,19,20)/t11-,13+/m1/s1. The van der Waals surface area contributed by atoms with Crippen molar-refractivity contribution in [3.63, 3.8) is 0 Å². The number of aliphatic hydroxyl groups is 1. The summed E-state index contributed by atoms with van der Waals surface area (Å²) in [5, 5.41) is 18.6. The molecule has 21 heavy (non-hydrogen) atoms. The summed E-state index contributed by atoms with van der Waals surface area (Å²) in [6.07, 6.45) is -0.735. The second-order valence-corrected chi connectivity index (χ2v) is 5.40. The zero-order valence-corrected chi connectivity index (χ0v) is 12.1. The summed E-state index contributed by atoms with van der Waals surface area (Å²) in [6, 6.07) is 4.64. The van der Waals surface area contributed by atoms with Crippen LogP contribution in [0.4, 0.5) is 0 Å². The molecule has 0 aromatic heterocycles. The largest absolute Gasteiger partial charge is 0.484 e. The van der Waals surface area contributed by atoms with Gasteiger partial charge in [0.25, 0.3) is 5.91 Å². The highest BCUT2D eigenvalue weighted by Gasteiger charge is 2.38. The molecule has 2 rings (SSSR count). The molecule has 0 aliphatic carbocycles. The first-order chi connectivity index (χ1) is 9.86. The van der Waals surface area contributed by atoms with E-state index in [1.54, 1.807) is 0 Å². The number of carbonyl (C=O) groups is 2.